The highest BCUT2D eigenvalue weighted by Crippen LogP contribution is 2.69. The Hall–Kier alpha value is -0.690. The van der Waals surface area contributed by atoms with Crippen molar-refractivity contribution in [1.82, 2.24) is 0 Å². The number of hydrogen-bond donors (Lipinski definition) is 4. The fourth-order valence-corrected chi connectivity index (χ4v) is 7.69. The maximum atomic E-state index is 12.0. The molecule has 0 bridgehead atoms. The molecule has 0 aromatic carbocycles. The minimum absolute atomic E-state index is 0.159. The molecule has 0 aromatic heterocycles. The van der Waals surface area contributed by atoms with Crippen LogP contribution in [-0.2, 0) is 4.84 Å². The molecule has 0 aliphatic heterocycles. The SMILES string of the molecule is C[C@]12CC[C@H](O)C[C@H]1CC[C@@H]1[C@@H]2CC[C@]2(C)[C@@](O)(/C=N/OCCN)CC[C@]12O. The van der Waals surface area contributed by atoms with Crippen molar-refractivity contribution in [2.45, 2.75) is 88.9 Å². The van der Waals surface area contributed by atoms with E-state index in [0.29, 0.717) is 37.8 Å². The first-order valence-electron chi connectivity index (χ1n) is 11.2. The number of aliphatic hydroxyl groups excluding tert-OH is 1. The van der Waals surface area contributed by atoms with E-state index in [1.165, 1.54) is 6.21 Å². The zero-order valence-corrected chi connectivity index (χ0v) is 17.4. The van der Waals surface area contributed by atoms with E-state index in [2.05, 4.69) is 12.1 Å². The van der Waals surface area contributed by atoms with Crippen LogP contribution >= 0.6 is 0 Å². The number of oxime groups is 1. The third-order valence-corrected chi connectivity index (χ3v) is 9.58. The van der Waals surface area contributed by atoms with Crippen molar-refractivity contribution in [1.29, 1.82) is 0 Å². The van der Waals surface area contributed by atoms with Crippen LogP contribution in [0.2, 0.25) is 0 Å². The standard InChI is InChI=1S/C22H38N2O4/c1-19-7-5-16(25)13-15(19)3-4-18-17(19)6-8-20(2)21(26,9-10-22(18,20)27)14-24-28-12-11-23/h14-18,25-27H,3-13,23H2,1-2H3/b24-14+/t15-,16+,17+,18-,19+,20-,21+,22+/m1/s1. The van der Waals surface area contributed by atoms with E-state index >= 15 is 0 Å². The Morgan fingerprint density at radius 1 is 1.04 bits per heavy atom. The summed E-state index contributed by atoms with van der Waals surface area (Å²) in [5, 5.41) is 37.7. The van der Waals surface area contributed by atoms with Crippen LogP contribution in [0.5, 0.6) is 0 Å². The van der Waals surface area contributed by atoms with Crippen molar-refractivity contribution in [2.75, 3.05) is 13.2 Å². The van der Waals surface area contributed by atoms with Crippen molar-refractivity contribution >= 4 is 6.21 Å². The number of aliphatic hydroxyl groups is 3. The third kappa shape index (κ3) is 2.71. The molecular formula is C22H38N2O4. The molecule has 5 N–H and O–H groups in total. The first-order valence-corrected chi connectivity index (χ1v) is 11.2. The first-order chi connectivity index (χ1) is 13.2. The van der Waals surface area contributed by atoms with Gasteiger partial charge < -0.3 is 25.9 Å². The molecule has 4 aliphatic rings. The van der Waals surface area contributed by atoms with Crippen molar-refractivity contribution in [3.05, 3.63) is 0 Å². The summed E-state index contributed by atoms with van der Waals surface area (Å²) in [7, 11) is 0. The predicted octanol–water partition coefficient (Wildman–Crippen LogP) is 2.20. The van der Waals surface area contributed by atoms with Gasteiger partial charge in [-0.2, -0.15) is 0 Å². The molecule has 28 heavy (non-hydrogen) atoms. The molecule has 0 amide bonds. The Bertz CT molecular complexity index is 630. The number of nitrogens with two attached hydrogens (primary N) is 1. The Morgan fingerprint density at radius 2 is 1.82 bits per heavy atom. The summed E-state index contributed by atoms with van der Waals surface area (Å²) in [5.41, 5.74) is 2.98. The summed E-state index contributed by atoms with van der Waals surface area (Å²) in [5.74, 6) is 1.22. The lowest BCUT2D eigenvalue weighted by Gasteiger charge is -2.64. The van der Waals surface area contributed by atoms with Crippen molar-refractivity contribution in [3.63, 3.8) is 0 Å². The van der Waals surface area contributed by atoms with Gasteiger partial charge in [-0.15, -0.1) is 0 Å². The van der Waals surface area contributed by atoms with Crippen molar-refractivity contribution in [2.24, 2.45) is 39.5 Å². The van der Waals surface area contributed by atoms with Crippen LogP contribution in [-0.4, -0.2) is 52.0 Å². The van der Waals surface area contributed by atoms with Crippen molar-refractivity contribution < 1.29 is 20.2 Å². The Morgan fingerprint density at radius 3 is 2.57 bits per heavy atom. The molecule has 0 heterocycles. The maximum absolute atomic E-state index is 12.0. The zero-order valence-electron chi connectivity index (χ0n) is 17.4. The molecule has 0 radical (unpaired) electrons. The molecule has 6 heteroatoms. The van der Waals surface area contributed by atoms with Gasteiger partial charge in [-0.1, -0.05) is 19.0 Å². The lowest BCUT2D eigenvalue weighted by molar-refractivity contribution is -0.224. The second-order valence-electron chi connectivity index (χ2n) is 10.5. The second kappa shape index (κ2) is 6.93. The molecular weight excluding hydrogens is 356 g/mol. The summed E-state index contributed by atoms with van der Waals surface area (Å²) in [6.45, 7) is 5.15. The van der Waals surface area contributed by atoms with Crippen LogP contribution in [0.1, 0.15) is 71.6 Å². The lowest BCUT2D eigenvalue weighted by atomic mass is 9.43. The minimum atomic E-state index is -1.15. The molecule has 6 nitrogen and oxygen atoms in total. The molecule has 4 saturated carbocycles. The van der Waals surface area contributed by atoms with E-state index in [9.17, 15) is 15.3 Å². The van der Waals surface area contributed by atoms with E-state index in [4.69, 9.17) is 10.6 Å². The summed E-state index contributed by atoms with van der Waals surface area (Å²) in [6.07, 6.45) is 9.17. The van der Waals surface area contributed by atoms with Gasteiger partial charge in [-0.3, -0.25) is 0 Å². The van der Waals surface area contributed by atoms with Gasteiger partial charge >= 0.3 is 0 Å². The van der Waals surface area contributed by atoms with Gasteiger partial charge in [0, 0.05) is 12.0 Å². The minimum Gasteiger partial charge on any atom is -0.395 e. The van der Waals surface area contributed by atoms with Crippen LogP contribution in [0, 0.1) is 28.6 Å². The highest BCUT2D eigenvalue weighted by molar-refractivity contribution is 5.71. The molecule has 8 atom stereocenters. The summed E-state index contributed by atoms with van der Waals surface area (Å²) in [6, 6.07) is 0. The van der Waals surface area contributed by atoms with Crippen LogP contribution < -0.4 is 5.73 Å². The number of fused-ring (bicyclic) bond motifs is 5. The predicted molar refractivity (Wildman–Crippen MR) is 108 cm³/mol. The maximum Gasteiger partial charge on any atom is 0.129 e. The van der Waals surface area contributed by atoms with Gasteiger partial charge in [0.25, 0.3) is 0 Å². The normalized spacial score (nSPS) is 53.5. The van der Waals surface area contributed by atoms with E-state index in [0.717, 1.165) is 44.9 Å². The summed E-state index contributed by atoms with van der Waals surface area (Å²) in [4.78, 5) is 5.15. The molecule has 4 aliphatic carbocycles. The van der Waals surface area contributed by atoms with Crippen LogP contribution in [0.4, 0.5) is 0 Å². The monoisotopic (exact) mass is 394 g/mol. The van der Waals surface area contributed by atoms with Gasteiger partial charge in [0.2, 0.25) is 0 Å². The topological polar surface area (TPSA) is 108 Å². The molecule has 4 fully saturated rings. The molecule has 4 rings (SSSR count). The quantitative estimate of drug-likeness (QED) is 0.332. The lowest BCUT2D eigenvalue weighted by Crippen LogP contribution is -2.65. The third-order valence-electron chi connectivity index (χ3n) is 9.58. The molecule has 0 aromatic rings. The average molecular weight is 395 g/mol. The van der Waals surface area contributed by atoms with Gasteiger partial charge in [-0.05, 0) is 81.0 Å². The summed E-state index contributed by atoms with van der Waals surface area (Å²) >= 11 is 0. The van der Waals surface area contributed by atoms with Crippen molar-refractivity contribution in [3.8, 4) is 0 Å². The summed E-state index contributed by atoms with van der Waals surface area (Å²) < 4.78 is 0. The zero-order chi connectivity index (χ0) is 20.2. The largest absolute Gasteiger partial charge is 0.395 e. The number of rotatable bonds is 4. The van der Waals surface area contributed by atoms with Gasteiger partial charge in [0.15, 0.2) is 0 Å². The number of hydrogen-bond acceptors (Lipinski definition) is 6. The van der Waals surface area contributed by atoms with E-state index in [1.807, 2.05) is 6.92 Å². The van der Waals surface area contributed by atoms with E-state index < -0.39 is 16.6 Å². The van der Waals surface area contributed by atoms with E-state index in [-0.39, 0.29) is 17.4 Å². The van der Waals surface area contributed by atoms with Crippen LogP contribution in [0.15, 0.2) is 5.16 Å². The Balaban J connectivity index is 1.61. The Labute approximate surface area is 168 Å². The van der Waals surface area contributed by atoms with Gasteiger partial charge in [-0.25, -0.2) is 0 Å². The number of nitrogens with zero attached hydrogens (tertiary/aromatic N) is 1. The first kappa shape index (κ1) is 20.6. The van der Waals surface area contributed by atoms with E-state index in [1.54, 1.807) is 0 Å². The van der Waals surface area contributed by atoms with Gasteiger partial charge in [0.05, 0.1) is 17.9 Å². The molecule has 0 spiro atoms. The van der Waals surface area contributed by atoms with Crippen LogP contribution in [0.25, 0.3) is 0 Å². The Kier molecular flexibility index (Phi) is 5.09. The van der Waals surface area contributed by atoms with Gasteiger partial charge in [0.1, 0.15) is 12.2 Å². The molecule has 0 saturated heterocycles. The smallest absolute Gasteiger partial charge is 0.129 e. The fraction of sp³-hybridized carbons (Fsp3) is 0.955. The second-order valence-corrected chi connectivity index (χ2v) is 10.5. The highest BCUT2D eigenvalue weighted by Gasteiger charge is 2.71. The fourth-order valence-electron chi connectivity index (χ4n) is 7.69. The highest BCUT2D eigenvalue weighted by atomic mass is 16.6. The average Bonchev–Trinajstić information content (AvgIpc) is 2.87. The molecule has 160 valence electrons. The van der Waals surface area contributed by atoms with Crippen LogP contribution in [0.3, 0.4) is 0 Å². The molecule has 0 unspecified atom stereocenters.